The van der Waals surface area contributed by atoms with Gasteiger partial charge in [0.1, 0.15) is 0 Å². The summed E-state index contributed by atoms with van der Waals surface area (Å²) in [6, 6.07) is 7.53. The molecule has 0 spiro atoms. The van der Waals surface area contributed by atoms with Gasteiger partial charge in [-0.1, -0.05) is 42.1 Å². The highest BCUT2D eigenvalue weighted by atomic mass is 31.2. The van der Waals surface area contributed by atoms with Crippen LogP contribution in [0, 0.1) is 0 Å². The number of hydrogen-bond acceptors (Lipinski definition) is 3. The number of hydrogen-bond donors (Lipinski definition) is 4. The van der Waals surface area contributed by atoms with Crippen molar-refractivity contribution in [1.82, 2.24) is 0 Å². The topological polar surface area (TPSA) is 110 Å². The van der Waals surface area contributed by atoms with Gasteiger partial charge in [-0.2, -0.15) is 0 Å². The molecule has 0 saturated carbocycles. The molecule has 0 amide bonds. The van der Waals surface area contributed by atoms with E-state index in [1.54, 1.807) is 6.08 Å². The van der Waals surface area contributed by atoms with E-state index in [-0.39, 0.29) is 0 Å². The molecular weight excluding hydrogens is 233 g/mol. The van der Waals surface area contributed by atoms with E-state index in [1.807, 2.05) is 24.3 Å². The summed E-state index contributed by atoms with van der Waals surface area (Å²) in [4.78, 5) is 21.6. The molecule has 0 bridgehead atoms. The van der Waals surface area contributed by atoms with Crippen LogP contribution in [0.3, 0.4) is 0 Å². The van der Waals surface area contributed by atoms with Crippen molar-refractivity contribution in [2.45, 2.75) is 0 Å². The van der Waals surface area contributed by atoms with Crippen molar-refractivity contribution in [3.63, 3.8) is 0 Å². The summed E-state index contributed by atoms with van der Waals surface area (Å²) in [6.07, 6.45) is 3.15. The number of phosphoric acid groups is 1. The molecular formula is C9H12NO5P. The molecule has 6 nitrogen and oxygen atoms in total. The molecule has 0 aliphatic rings. The molecule has 0 radical (unpaired) electrons. The fourth-order valence-corrected chi connectivity index (χ4v) is 0.785. The third-order valence-corrected chi connectivity index (χ3v) is 1.38. The summed E-state index contributed by atoms with van der Waals surface area (Å²) in [6.45, 7) is 3.62. The van der Waals surface area contributed by atoms with E-state index in [0.29, 0.717) is 0 Å². The summed E-state index contributed by atoms with van der Waals surface area (Å²) in [7, 11) is -4.64. The fraction of sp³-hybridized carbons (Fsp3) is 0. The molecule has 88 valence electrons. The van der Waals surface area contributed by atoms with Crippen LogP contribution < -0.4 is 0 Å². The molecule has 0 aliphatic heterocycles. The molecule has 0 aromatic heterocycles. The van der Waals surface area contributed by atoms with E-state index in [4.69, 9.17) is 24.5 Å². The van der Waals surface area contributed by atoms with Crippen LogP contribution in [0.2, 0.25) is 0 Å². The molecule has 16 heavy (non-hydrogen) atoms. The largest absolute Gasteiger partial charge is 0.466 e. The average molecular weight is 245 g/mol. The molecule has 1 rings (SSSR count). The Bertz CT molecular complexity index is 387. The Morgan fingerprint density at radius 3 is 1.81 bits per heavy atom. The number of oxime groups is 1. The minimum Gasteiger partial charge on any atom is -0.411 e. The first-order valence-electron chi connectivity index (χ1n) is 4.05. The third kappa shape index (κ3) is 9.11. The lowest BCUT2D eigenvalue weighted by Crippen LogP contribution is -1.79. The summed E-state index contributed by atoms with van der Waals surface area (Å²) in [5, 5.41) is 11.1. The second kappa shape index (κ2) is 6.92. The Morgan fingerprint density at radius 1 is 1.12 bits per heavy atom. The zero-order valence-corrected chi connectivity index (χ0v) is 9.16. The smallest absolute Gasteiger partial charge is 0.411 e. The van der Waals surface area contributed by atoms with Gasteiger partial charge in [-0.15, -0.1) is 0 Å². The van der Waals surface area contributed by atoms with Crippen LogP contribution in [0.5, 0.6) is 0 Å². The molecule has 0 heterocycles. The van der Waals surface area contributed by atoms with Crippen LogP contribution in [0.15, 0.2) is 36.0 Å². The van der Waals surface area contributed by atoms with Gasteiger partial charge < -0.3 is 19.9 Å². The predicted octanol–water partition coefficient (Wildman–Crippen LogP) is 1.21. The molecule has 0 atom stereocenters. The minimum atomic E-state index is -4.64. The van der Waals surface area contributed by atoms with Gasteiger partial charge in [0.25, 0.3) is 0 Å². The predicted molar refractivity (Wildman–Crippen MR) is 60.2 cm³/mol. The lowest BCUT2D eigenvalue weighted by molar-refractivity contribution is 0.275. The maximum Gasteiger partial charge on any atom is 0.466 e. The first-order valence-corrected chi connectivity index (χ1v) is 5.61. The Kier molecular flexibility index (Phi) is 6.29. The molecule has 1 aromatic rings. The van der Waals surface area contributed by atoms with Gasteiger partial charge in [0.05, 0.1) is 6.21 Å². The highest BCUT2D eigenvalue weighted by Gasteiger charge is 2.00. The Morgan fingerprint density at radius 2 is 1.50 bits per heavy atom. The molecule has 0 aliphatic carbocycles. The van der Waals surface area contributed by atoms with Gasteiger partial charge in [-0.3, -0.25) is 0 Å². The number of benzene rings is 1. The van der Waals surface area contributed by atoms with E-state index in [2.05, 4.69) is 11.7 Å². The molecule has 0 saturated heterocycles. The monoisotopic (exact) mass is 245 g/mol. The Labute approximate surface area is 92.4 Å². The van der Waals surface area contributed by atoms with Gasteiger partial charge in [0, 0.05) is 0 Å². The van der Waals surface area contributed by atoms with Crippen LogP contribution in [-0.2, 0) is 4.57 Å². The number of nitrogens with zero attached hydrogens (tertiary/aromatic N) is 1. The minimum absolute atomic E-state index is 0.873. The molecule has 4 N–H and O–H groups in total. The maximum absolute atomic E-state index is 8.88. The van der Waals surface area contributed by atoms with Crippen molar-refractivity contribution in [3.05, 3.63) is 42.0 Å². The lowest BCUT2D eigenvalue weighted by atomic mass is 10.1. The quantitative estimate of drug-likeness (QED) is 0.271. The second-order valence-corrected chi connectivity index (χ2v) is 3.66. The van der Waals surface area contributed by atoms with Crippen LogP contribution in [0.4, 0.5) is 0 Å². The van der Waals surface area contributed by atoms with Crippen molar-refractivity contribution in [2.75, 3.05) is 0 Å². The summed E-state index contributed by atoms with van der Waals surface area (Å²) in [5.41, 5.74) is 1.93. The molecule has 0 unspecified atom stereocenters. The van der Waals surface area contributed by atoms with Gasteiger partial charge >= 0.3 is 7.82 Å². The highest BCUT2D eigenvalue weighted by Crippen LogP contribution is 2.25. The zero-order valence-electron chi connectivity index (χ0n) is 8.26. The fourth-order valence-electron chi connectivity index (χ4n) is 0.785. The second-order valence-electron chi connectivity index (χ2n) is 2.63. The maximum atomic E-state index is 8.88. The van der Waals surface area contributed by atoms with E-state index >= 15 is 0 Å². The van der Waals surface area contributed by atoms with Gasteiger partial charge in [0.15, 0.2) is 0 Å². The first kappa shape index (κ1) is 14.5. The summed E-state index contributed by atoms with van der Waals surface area (Å²) >= 11 is 0. The first-order chi connectivity index (χ1) is 7.36. The molecule has 7 heteroatoms. The van der Waals surface area contributed by atoms with Crippen molar-refractivity contribution in [1.29, 1.82) is 0 Å². The van der Waals surface area contributed by atoms with Gasteiger partial charge in [-0.25, -0.2) is 4.57 Å². The zero-order chi connectivity index (χ0) is 12.6. The van der Waals surface area contributed by atoms with E-state index in [9.17, 15) is 0 Å². The van der Waals surface area contributed by atoms with Crippen molar-refractivity contribution < 1.29 is 24.5 Å². The lowest BCUT2D eigenvalue weighted by Gasteiger charge is -1.92. The van der Waals surface area contributed by atoms with Crippen molar-refractivity contribution in [2.24, 2.45) is 5.16 Å². The summed E-state index contributed by atoms with van der Waals surface area (Å²) < 4.78 is 8.88. The average Bonchev–Trinajstić information content (AvgIpc) is 2.17. The van der Waals surface area contributed by atoms with Crippen LogP contribution in [0.25, 0.3) is 6.08 Å². The normalized spacial score (nSPS) is 10.7. The van der Waals surface area contributed by atoms with Crippen LogP contribution >= 0.6 is 7.82 Å². The van der Waals surface area contributed by atoms with E-state index in [1.165, 1.54) is 6.21 Å². The van der Waals surface area contributed by atoms with Gasteiger partial charge in [0.2, 0.25) is 0 Å². The standard InChI is InChI=1S/C9H9NO.H3O4P/c1-2-8-3-5-9(6-4-8)7-10-11;1-5(2,3)4/h2-7,11H,1H2;(H3,1,2,3,4). The molecule has 1 aromatic carbocycles. The van der Waals surface area contributed by atoms with Crippen molar-refractivity contribution >= 4 is 20.1 Å². The van der Waals surface area contributed by atoms with E-state index in [0.717, 1.165) is 11.1 Å². The highest BCUT2D eigenvalue weighted by molar-refractivity contribution is 7.45. The Balaban J connectivity index is 0.000000385. The Hall–Kier alpha value is -1.46. The van der Waals surface area contributed by atoms with E-state index < -0.39 is 7.82 Å². The molecule has 0 fully saturated rings. The number of rotatable bonds is 2. The SMILES string of the molecule is C=Cc1ccc(C=NO)cc1.O=P(O)(O)O. The van der Waals surface area contributed by atoms with Crippen molar-refractivity contribution in [3.8, 4) is 0 Å². The van der Waals surface area contributed by atoms with Crippen LogP contribution in [0.1, 0.15) is 11.1 Å². The third-order valence-electron chi connectivity index (χ3n) is 1.38. The van der Waals surface area contributed by atoms with Gasteiger partial charge in [-0.05, 0) is 11.1 Å². The van der Waals surface area contributed by atoms with Crippen LogP contribution in [-0.4, -0.2) is 26.1 Å². The summed E-state index contributed by atoms with van der Waals surface area (Å²) in [5.74, 6) is 0.